The first-order valence-corrected chi connectivity index (χ1v) is 8.17. The number of hydrogen-bond acceptors (Lipinski definition) is 5. The highest BCUT2D eigenvalue weighted by Gasteiger charge is 2.31. The molecule has 1 fully saturated rings. The molecule has 0 aromatic carbocycles. The van der Waals surface area contributed by atoms with Gasteiger partial charge in [-0.15, -0.1) is 0 Å². The molecule has 0 bridgehead atoms. The van der Waals surface area contributed by atoms with E-state index >= 15 is 0 Å². The van der Waals surface area contributed by atoms with E-state index in [1.807, 2.05) is 0 Å². The summed E-state index contributed by atoms with van der Waals surface area (Å²) in [6, 6.07) is 0. The van der Waals surface area contributed by atoms with Crippen LogP contribution in [0.2, 0.25) is 0 Å². The van der Waals surface area contributed by atoms with Crippen LogP contribution in [0, 0.1) is 5.92 Å². The van der Waals surface area contributed by atoms with Crippen LogP contribution in [-0.4, -0.2) is 57.9 Å². The van der Waals surface area contributed by atoms with Gasteiger partial charge in [-0.1, -0.05) is 0 Å². The predicted octanol–water partition coefficient (Wildman–Crippen LogP) is -0.251. The summed E-state index contributed by atoms with van der Waals surface area (Å²) in [5, 5.41) is 21.9. The van der Waals surface area contributed by atoms with E-state index < -0.39 is 22.1 Å². The first-order chi connectivity index (χ1) is 9.80. The van der Waals surface area contributed by atoms with Gasteiger partial charge in [0.2, 0.25) is 10.0 Å². The van der Waals surface area contributed by atoms with Gasteiger partial charge in [-0.25, -0.2) is 8.42 Å². The van der Waals surface area contributed by atoms with Gasteiger partial charge in [0, 0.05) is 19.3 Å². The second kappa shape index (κ2) is 6.12. The maximum atomic E-state index is 12.4. The second-order valence-electron chi connectivity index (χ2n) is 5.25. The topological polar surface area (TPSA) is 113 Å². The lowest BCUT2D eigenvalue weighted by Gasteiger charge is -2.32. The van der Waals surface area contributed by atoms with Crippen molar-refractivity contribution in [3.63, 3.8) is 0 Å². The molecule has 1 atom stereocenters. The molecule has 1 aromatic rings. The van der Waals surface area contributed by atoms with Crippen LogP contribution in [0.5, 0.6) is 0 Å². The molecule has 0 amide bonds. The van der Waals surface area contributed by atoms with Crippen molar-refractivity contribution < 1.29 is 23.4 Å². The van der Waals surface area contributed by atoms with Gasteiger partial charge in [-0.3, -0.25) is 9.48 Å². The second-order valence-corrected chi connectivity index (χ2v) is 7.19. The zero-order valence-corrected chi connectivity index (χ0v) is 12.5. The smallest absolute Gasteiger partial charge is 0.325 e. The number of sulfonamides is 1. The Morgan fingerprint density at radius 3 is 2.62 bits per heavy atom. The van der Waals surface area contributed by atoms with E-state index in [9.17, 15) is 18.3 Å². The number of aliphatic hydroxyl groups is 1. The van der Waals surface area contributed by atoms with E-state index in [1.54, 1.807) is 6.92 Å². The monoisotopic (exact) mass is 317 g/mol. The molecule has 1 aliphatic rings. The van der Waals surface area contributed by atoms with Crippen molar-refractivity contribution in [2.75, 3.05) is 13.1 Å². The van der Waals surface area contributed by atoms with Gasteiger partial charge in [0.05, 0.1) is 12.3 Å². The van der Waals surface area contributed by atoms with Crippen LogP contribution >= 0.6 is 0 Å². The number of aliphatic hydroxyl groups excluding tert-OH is 1. The highest BCUT2D eigenvalue weighted by molar-refractivity contribution is 7.89. The fourth-order valence-electron chi connectivity index (χ4n) is 2.45. The van der Waals surface area contributed by atoms with Gasteiger partial charge in [0.15, 0.2) is 0 Å². The van der Waals surface area contributed by atoms with Gasteiger partial charge in [-0.2, -0.15) is 9.40 Å². The van der Waals surface area contributed by atoms with Crippen LogP contribution in [0.4, 0.5) is 0 Å². The first kappa shape index (κ1) is 15.9. The number of carboxylic acid groups (broad SMARTS) is 1. The minimum atomic E-state index is -3.65. The number of piperidine rings is 1. The normalized spacial score (nSPS) is 19.5. The highest BCUT2D eigenvalue weighted by Crippen LogP contribution is 2.25. The van der Waals surface area contributed by atoms with E-state index in [1.165, 1.54) is 16.7 Å². The third-order valence-electron chi connectivity index (χ3n) is 3.73. The van der Waals surface area contributed by atoms with Crippen LogP contribution in [0.1, 0.15) is 19.8 Å². The molecule has 0 saturated carbocycles. The molecule has 9 heteroatoms. The summed E-state index contributed by atoms with van der Waals surface area (Å²) in [6.07, 6.45) is 3.18. The molecule has 118 valence electrons. The Balaban J connectivity index is 2.08. The Bertz CT molecular complexity index is 602. The summed E-state index contributed by atoms with van der Waals surface area (Å²) < 4.78 is 27.3. The number of nitrogens with zero attached hydrogens (tertiary/aromatic N) is 3. The summed E-state index contributed by atoms with van der Waals surface area (Å²) >= 11 is 0. The molecule has 1 aliphatic heterocycles. The fourth-order valence-corrected chi connectivity index (χ4v) is 3.88. The Morgan fingerprint density at radius 1 is 1.48 bits per heavy atom. The minimum absolute atomic E-state index is 0.000697. The van der Waals surface area contributed by atoms with Gasteiger partial charge < -0.3 is 10.2 Å². The van der Waals surface area contributed by atoms with Gasteiger partial charge >= 0.3 is 5.97 Å². The third-order valence-corrected chi connectivity index (χ3v) is 5.58. The van der Waals surface area contributed by atoms with Gasteiger partial charge in [0.1, 0.15) is 11.4 Å². The molecule has 1 unspecified atom stereocenters. The summed E-state index contributed by atoms with van der Waals surface area (Å²) in [5.41, 5.74) is 0. The SMILES string of the molecule is CC(O)C1CCN(S(=O)(=O)c2cnn(CC(=O)O)c2)CC1. The number of carboxylic acids is 1. The largest absolute Gasteiger partial charge is 0.480 e. The third kappa shape index (κ3) is 3.60. The summed E-state index contributed by atoms with van der Waals surface area (Å²) in [5.74, 6) is -0.967. The molecule has 8 nitrogen and oxygen atoms in total. The number of hydrogen-bond donors (Lipinski definition) is 2. The van der Waals surface area contributed by atoms with Crippen molar-refractivity contribution in [3.05, 3.63) is 12.4 Å². The lowest BCUT2D eigenvalue weighted by Crippen LogP contribution is -2.40. The standard InChI is InChI=1S/C12H19N3O5S/c1-9(16)10-2-4-15(5-3-10)21(19,20)11-6-13-14(7-11)8-12(17)18/h6-7,9-10,16H,2-5,8H2,1H3,(H,17,18). The van der Waals surface area contributed by atoms with E-state index in [4.69, 9.17) is 5.11 Å². The van der Waals surface area contributed by atoms with E-state index in [-0.39, 0.29) is 17.4 Å². The average Bonchev–Trinajstić information content (AvgIpc) is 2.87. The van der Waals surface area contributed by atoms with Gasteiger partial charge in [0.25, 0.3) is 0 Å². The Kier molecular flexibility index (Phi) is 4.64. The molecule has 21 heavy (non-hydrogen) atoms. The van der Waals surface area contributed by atoms with Crippen LogP contribution < -0.4 is 0 Å². The molecule has 0 radical (unpaired) electrons. The number of aliphatic carboxylic acids is 1. The van der Waals surface area contributed by atoms with Crippen molar-refractivity contribution in [1.29, 1.82) is 0 Å². The maximum absolute atomic E-state index is 12.4. The van der Waals surface area contributed by atoms with Crippen LogP contribution in [0.3, 0.4) is 0 Å². The van der Waals surface area contributed by atoms with Crippen LogP contribution in [0.25, 0.3) is 0 Å². The lowest BCUT2D eigenvalue weighted by atomic mass is 9.93. The molecule has 0 aliphatic carbocycles. The first-order valence-electron chi connectivity index (χ1n) is 6.73. The Morgan fingerprint density at radius 2 is 2.10 bits per heavy atom. The zero-order valence-electron chi connectivity index (χ0n) is 11.7. The Hall–Kier alpha value is -1.45. The van der Waals surface area contributed by atoms with Crippen molar-refractivity contribution in [1.82, 2.24) is 14.1 Å². The number of aromatic nitrogens is 2. The maximum Gasteiger partial charge on any atom is 0.325 e. The fraction of sp³-hybridized carbons (Fsp3) is 0.667. The number of carbonyl (C=O) groups is 1. The molecular formula is C12H19N3O5S. The van der Waals surface area contributed by atoms with Crippen molar-refractivity contribution in [3.8, 4) is 0 Å². The quantitative estimate of drug-likeness (QED) is 0.774. The summed E-state index contributed by atoms with van der Waals surface area (Å²) in [7, 11) is -3.65. The summed E-state index contributed by atoms with van der Waals surface area (Å²) in [4.78, 5) is 10.6. The average molecular weight is 317 g/mol. The van der Waals surface area contributed by atoms with Crippen LogP contribution in [0.15, 0.2) is 17.3 Å². The lowest BCUT2D eigenvalue weighted by molar-refractivity contribution is -0.137. The molecule has 2 rings (SSSR count). The van der Waals surface area contributed by atoms with E-state index in [0.29, 0.717) is 25.9 Å². The molecule has 1 aromatic heterocycles. The van der Waals surface area contributed by atoms with Crippen molar-refractivity contribution >= 4 is 16.0 Å². The molecule has 2 N–H and O–H groups in total. The van der Waals surface area contributed by atoms with Crippen molar-refractivity contribution in [2.24, 2.45) is 5.92 Å². The summed E-state index contributed by atoms with van der Waals surface area (Å²) in [6.45, 7) is 2.04. The highest BCUT2D eigenvalue weighted by atomic mass is 32.2. The van der Waals surface area contributed by atoms with Crippen LogP contribution in [-0.2, 0) is 21.4 Å². The predicted molar refractivity (Wildman–Crippen MR) is 73.0 cm³/mol. The molecule has 1 saturated heterocycles. The minimum Gasteiger partial charge on any atom is -0.480 e. The van der Waals surface area contributed by atoms with E-state index in [0.717, 1.165) is 4.68 Å². The van der Waals surface area contributed by atoms with Crippen molar-refractivity contribution in [2.45, 2.75) is 37.3 Å². The zero-order chi connectivity index (χ0) is 15.6. The van der Waals surface area contributed by atoms with Gasteiger partial charge in [-0.05, 0) is 25.7 Å². The molecule has 0 spiro atoms. The van der Waals surface area contributed by atoms with E-state index in [2.05, 4.69) is 5.10 Å². The number of rotatable bonds is 5. The molecule has 2 heterocycles. The molecular weight excluding hydrogens is 298 g/mol. The Labute approximate surface area is 123 Å².